The van der Waals surface area contributed by atoms with Gasteiger partial charge >= 0.3 is 0 Å². The van der Waals surface area contributed by atoms with E-state index in [1.807, 2.05) is 13.0 Å². The highest BCUT2D eigenvalue weighted by atomic mass is 127. The molecule has 1 saturated heterocycles. The van der Waals surface area contributed by atoms with E-state index in [0.29, 0.717) is 19.8 Å². The second-order valence-electron chi connectivity index (χ2n) is 4.08. The molecule has 1 aliphatic rings. The van der Waals surface area contributed by atoms with Crippen molar-refractivity contribution in [1.82, 2.24) is 9.97 Å². The summed E-state index contributed by atoms with van der Waals surface area (Å²) < 4.78 is 12.1. The summed E-state index contributed by atoms with van der Waals surface area (Å²) in [5, 5.41) is 0. The van der Waals surface area contributed by atoms with Gasteiger partial charge in [0.15, 0.2) is 0 Å². The van der Waals surface area contributed by atoms with Crippen molar-refractivity contribution in [3.8, 4) is 0 Å². The van der Waals surface area contributed by atoms with Crippen LogP contribution in [0.1, 0.15) is 5.82 Å². The number of morpholine rings is 1. The lowest BCUT2D eigenvalue weighted by Crippen LogP contribution is -2.52. The van der Waals surface area contributed by atoms with E-state index in [9.17, 15) is 0 Å². The lowest BCUT2D eigenvalue weighted by Gasteiger charge is -2.40. The fraction of sp³-hybridized carbons (Fsp3) is 0.636. The Morgan fingerprint density at radius 3 is 2.94 bits per heavy atom. The predicted molar refractivity (Wildman–Crippen MR) is 86.3 cm³/mol. The number of methoxy groups -OCH3 is 1. The fourth-order valence-corrected chi connectivity index (χ4v) is 3.61. The zero-order valence-electron chi connectivity index (χ0n) is 10.3. The molecule has 0 aromatic carbocycles. The molecule has 1 aromatic heterocycles. The summed E-state index contributed by atoms with van der Waals surface area (Å²) in [4.78, 5) is 11.1. The van der Waals surface area contributed by atoms with Crippen molar-refractivity contribution in [1.29, 1.82) is 0 Å². The van der Waals surface area contributed by atoms with Crippen molar-refractivity contribution in [2.24, 2.45) is 0 Å². The summed E-state index contributed by atoms with van der Waals surface area (Å²) in [7, 11) is 1.71. The molecule has 0 spiro atoms. The number of aromatic nitrogens is 2. The van der Waals surface area contributed by atoms with E-state index in [1.54, 1.807) is 7.11 Å². The van der Waals surface area contributed by atoms with Gasteiger partial charge in [0.25, 0.3) is 0 Å². The molecule has 0 bridgehead atoms. The van der Waals surface area contributed by atoms with Crippen molar-refractivity contribution in [2.75, 3.05) is 31.8 Å². The third kappa shape index (κ3) is 3.42. The molecule has 0 amide bonds. The van der Waals surface area contributed by atoms with Gasteiger partial charge < -0.3 is 14.4 Å². The van der Waals surface area contributed by atoms with Crippen molar-refractivity contribution < 1.29 is 9.47 Å². The van der Waals surface area contributed by atoms with Gasteiger partial charge in [-0.3, -0.25) is 0 Å². The van der Waals surface area contributed by atoms with Crippen LogP contribution in [0.2, 0.25) is 0 Å². The van der Waals surface area contributed by atoms with Crippen LogP contribution in [0, 0.1) is 10.6 Å². The maximum atomic E-state index is 5.58. The average Bonchev–Trinajstić information content (AvgIpc) is 2.28. The first-order chi connectivity index (χ1) is 8.61. The van der Waals surface area contributed by atoms with Crippen LogP contribution >= 0.6 is 45.2 Å². The minimum Gasteiger partial charge on any atom is -0.382 e. The second kappa shape index (κ2) is 6.62. The monoisotopic (exact) mass is 475 g/mol. The number of nitrogens with zero attached hydrogens (tertiary/aromatic N) is 3. The standard InChI is InChI=1S/C11H15I2N3O2/c1-7-14-9(12)3-11(15-7)16-8(4-17-2)5-18-6-10(16)13/h3,8,10H,4-6H2,1-2H3. The number of alkyl halides is 1. The number of halogens is 2. The number of hydrogen-bond donors (Lipinski definition) is 0. The lowest BCUT2D eigenvalue weighted by molar-refractivity contribution is 0.0564. The van der Waals surface area contributed by atoms with Crippen LogP contribution in [0.4, 0.5) is 5.82 Å². The van der Waals surface area contributed by atoms with Crippen molar-refractivity contribution in [2.45, 2.75) is 17.0 Å². The first-order valence-corrected chi connectivity index (χ1v) is 7.94. The number of hydrogen-bond acceptors (Lipinski definition) is 5. The highest BCUT2D eigenvalue weighted by molar-refractivity contribution is 14.1. The molecule has 100 valence electrons. The number of aryl methyl sites for hydroxylation is 1. The molecule has 2 rings (SSSR count). The normalized spacial score (nSPS) is 24.3. The molecular formula is C11H15I2N3O2. The molecule has 0 radical (unpaired) electrons. The topological polar surface area (TPSA) is 47.5 Å². The minimum atomic E-state index is 0.204. The minimum absolute atomic E-state index is 0.204. The molecule has 18 heavy (non-hydrogen) atoms. The molecule has 0 saturated carbocycles. The van der Waals surface area contributed by atoms with Crippen LogP contribution in [0.3, 0.4) is 0 Å². The molecule has 5 nitrogen and oxygen atoms in total. The van der Waals surface area contributed by atoms with Gasteiger partial charge in [-0.15, -0.1) is 0 Å². The first-order valence-electron chi connectivity index (χ1n) is 5.62. The smallest absolute Gasteiger partial charge is 0.134 e. The number of ether oxygens (including phenoxy) is 2. The van der Waals surface area contributed by atoms with Crippen LogP contribution in [0.15, 0.2) is 6.07 Å². The van der Waals surface area contributed by atoms with Gasteiger partial charge in [-0.2, -0.15) is 0 Å². The Kier molecular flexibility index (Phi) is 5.39. The van der Waals surface area contributed by atoms with E-state index in [1.165, 1.54) is 0 Å². The summed E-state index contributed by atoms with van der Waals surface area (Å²) in [5.74, 6) is 1.75. The zero-order chi connectivity index (χ0) is 13.1. The Morgan fingerprint density at radius 2 is 2.28 bits per heavy atom. The van der Waals surface area contributed by atoms with Crippen molar-refractivity contribution in [3.63, 3.8) is 0 Å². The average molecular weight is 475 g/mol. The maximum Gasteiger partial charge on any atom is 0.134 e. The highest BCUT2D eigenvalue weighted by Crippen LogP contribution is 2.26. The van der Waals surface area contributed by atoms with E-state index >= 15 is 0 Å². The Bertz CT molecular complexity index is 397. The Labute approximate surface area is 134 Å². The fourth-order valence-electron chi connectivity index (χ4n) is 1.99. The molecule has 1 aromatic rings. The molecule has 1 aliphatic heterocycles. The molecule has 0 N–H and O–H groups in total. The molecule has 2 atom stereocenters. The Morgan fingerprint density at radius 1 is 1.50 bits per heavy atom. The van der Waals surface area contributed by atoms with Gasteiger partial charge in [0.1, 0.15) is 19.4 Å². The predicted octanol–water partition coefficient (Wildman–Crippen LogP) is 2.00. The second-order valence-corrected chi connectivity index (χ2v) is 6.63. The summed E-state index contributed by atoms with van der Waals surface area (Å²) in [6.45, 7) is 3.94. The summed E-state index contributed by atoms with van der Waals surface area (Å²) >= 11 is 4.60. The largest absolute Gasteiger partial charge is 0.382 e. The molecule has 2 unspecified atom stereocenters. The van der Waals surface area contributed by atoms with Crippen LogP contribution in [0.5, 0.6) is 0 Å². The van der Waals surface area contributed by atoms with Gasteiger partial charge in [-0.1, -0.05) is 22.6 Å². The third-order valence-electron chi connectivity index (χ3n) is 2.68. The van der Waals surface area contributed by atoms with Crippen LogP contribution in [-0.2, 0) is 9.47 Å². The first kappa shape index (κ1) is 14.7. The quantitative estimate of drug-likeness (QED) is 0.290. The number of rotatable bonds is 3. The van der Waals surface area contributed by atoms with Crippen LogP contribution in [-0.4, -0.2) is 47.0 Å². The van der Waals surface area contributed by atoms with Gasteiger partial charge in [0, 0.05) is 13.2 Å². The highest BCUT2D eigenvalue weighted by Gasteiger charge is 2.31. The Hall–Kier alpha value is 0.260. The van der Waals surface area contributed by atoms with Gasteiger partial charge in [0.2, 0.25) is 0 Å². The van der Waals surface area contributed by atoms with E-state index in [2.05, 4.69) is 60.0 Å². The van der Waals surface area contributed by atoms with Crippen LogP contribution in [0.25, 0.3) is 0 Å². The zero-order valence-corrected chi connectivity index (χ0v) is 14.6. The summed E-state index contributed by atoms with van der Waals surface area (Å²) in [5.41, 5.74) is 0. The van der Waals surface area contributed by atoms with Crippen molar-refractivity contribution >= 4 is 51.0 Å². The summed E-state index contributed by atoms with van der Waals surface area (Å²) in [6.07, 6.45) is 0. The molecule has 1 fully saturated rings. The summed E-state index contributed by atoms with van der Waals surface area (Å²) in [6, 6.07) is 2.21. The maximum absolute atomic E-state index is 5.58. The third-order valence-corrected chi connectivity index (χ3v) is 4.19. The molecule has 2 heterocycles. The number of anilines is 1. The Balaban J connectivity index is 2.30. The van der Waals surface area contributed by atoms with E-state index in [-0.39, 0.29) is 10.1 Å². The molecule has 7 heteroatoms. The van der Waals surface area contributed by atoms with E-state index in [0.717, 1.165) is 15.3 Å². The van der Waals surface area contributed by atoms with E-state index < -0.39 is 0 Å². The van der Waals surface area contributed by atoms with Gasteiger partial charge in [-0.25, -0.2) is 9.97 Å². The van der Waals surface area contributed by atoms with Crippen LogP contribution < -0.4 is 4.90 Å². The lowest BCUT2D eigenvalue weighted by atomic mass is 10.2. The van der Waals surface area contributed by atoms with Gasteiger partial charge in [0.05, 0.1) is 25.9 Å². The van der Waals surface area contributed by atoms with Crippen molar-refractivity contribution in [3.05, 3.63) is 15.6 Å². The SMILES string of the molecule is COCC1COCC(I)N1c1cc(I)nc(C)n1. The van der Waals surface area contributed by atoms with Gasteiger partial charge in [-0.05, 0) is 29.5 Å². The molecule has 0 aliphatic carbocycles. The molecular weight excluding hydrogens is 460 g/mol. The van der Waals surface area contributed by atoms with E-state index in [4.69, 9.17) is 9.47 Å².